The summed E-state index contributed by atoms with van der Waals surface area (Å²) in [5.41, 5.74) is 7.67. The fourth-order valence-corrected chi connectivity index (χ4v) is 4.61. The van der Waals surface area contributed by atoms with Gasteiger partial charge < -0.3 is 21.5 Å². The molecule has 2 aliphatic heterocycles. The Labute approximate surface area is 166 Å². The Kier molecular flexibility index (Phi) is 5.90. The zero-order chi connectivity index (χ0) is 20.4. The van der Waals surface area contributed by atoms with Gasteiger partial charge in [-0.1, -0.05) is 18.2 Å². The number of fused-ring (bicyclic) bond motifs is 1. The highest BCUT2D eigenvalue weighted by molar-refractivity contribution is 8.00. The molecule has 0 spiro atoms. The third-order valence-corrected chi connectivity index (χ3v) is 6.21. The molecule has 28 heavy (non-hydrogen) atoms. The van der Waals surface area contributed by atoms with Crippen molar-refractivity contribution in [2.45, 2.75) is 37.2 Å². The third-order valence-electron chi connectivity index (χ3n) is 4.79. The van der Waals surface area contributed by atoms with Crippen LogP contribution in [0.2, 0.25) is 0 Å². The summed E-state index contributed by atoms with van der Waals surface area (Å²) in [5, 5.41) is 13.3. The lowest BCUT2D eigenvalue weighted by molar-refractivity contribution is -0.148. The van der Waals surface area contributed by atoms with Crippen LogP contribution in [0.3, 0.4) is 0 Å². The number of allylic oxidation sites excluding steroid dienone is 3. The van der Waals surface area contributed by atoms with E-state index in [-0.39, 0.29) is 5.70 Å². The molecule has 3 atom stereocenters. The standard InChI is InChI=1S/C18H22N4O5S/c1-9-8-28-18-13(21-15(25)12(19)10-5-3-2-4-6-10)17(27)22(18)14(9)16(26)20-7-11(23)24/h2-3,6,12-13,18H,4-5,7-8,19H2,1H3,(H,20,26)(H,21,25)(H,23,24)/t12-,13-,18-/m1/s1. The van der Waals surface area contributed by atoms with Gasteiger partial charge in [0, 0.05) is 5.75 Å². The van der Waals surface area contributed by atoms with Gasteiger partial charge >= 0.3 is 5.97 Å². The Bertz CT molecular complexity index is 819. The fourth-order valence-electron chi connectivity index (χ4n) is 3.32. The number of carbonyl (C=O) groups excluding carboxylic acids is 3. The van der Waals surface area contributed by atoms with Crippen LogP contribution in [0.25, 0.3) is 0 Å². The minimum atomic E-state index is -1.17. The van der Waals surface area contributed by atoms with Crippen molar-refractivity contribution in [3.8, 4) is 0 Å². The number of nitrogens with one attached hydrogen (secondary N) is 2. The quantitative estimate of drug-likeness (QED) is 0.343. The number of carbonyl (C=O) groups is 4. The summed E-state index contributed by atoms with van der Waals surface area (Å²) >= 11 is 1.44. The molecule has 3 rings (SSSR count). The smallest absolute Gasteiger partial charge is 0.322 e. The second-order valence-electron chi connectivity index (χ2n) is 6.77. The van der Waals surface area contributed by atoms with Crippen LogP contribution in [-0.4, -0.2) is 63.5 Å². The highest BCUT2D eigenvalue weighted by Gasteiger charge is 2.53. The van der Waals surface area contributed by atoms with Gasteiger partial charge in [-0.3, -0.25) is 24.1 Å². The Hall–Kier alpha value is -2.59. The molecule has 0 radical (unpaired) electrons. The number of aliphatic carboxylic acids is 1. The first-order chi connectivity index (χ1) is 13.3. The average molecular weight is 406 g/mol. The van der Waals surface area contributed by atoms with Crippen molar-refractivity contribution in [2.75, 3.05) is 12.3 Å². The Morgan fingerprint density at radius 2 is 2.14 bits per heavy atom. The SMILES string of the molecule is CC1=C(C(=O)NCC(=O)O)N2C(=O)[C@@H](NC(=O)[C@H](N)C3=CCC=CC3)[C@H]2SC1. The van der Waals surface area contributed by atoms with Gasteiger partial charge in [-0.15, -0.1) is 11.8 Å². The molecule has 0 saturated carbocycles. The van der Waals surface area contributed by atoms with Crippen molar-refractivity contribution < 1.29 is 24.3 Å². The third kappa shape index (κ3) is 3.83. The molecular formula is C18H22N4O5S. The van der Waals surface area contributed by atoms with Crippen LogP contribution in [0, 0.1) is 0 Å². The lowest BCUT2D eigenvalue weighted by Crippen LogP contribution is -2.71. The number of carboxylic acid groups (broad SMARTS) is 1. The first kappa shape index (κ1) is 20.2. The van der Waals surface area contributed by atoms with Crippen LogP contribution in [0.1, 0.15) is 19.8 Å². The molecule has 3 amide bonds. The van der Waals surface area contributed by atoms with Crippen LogP contribution in [0.15, 0.2) is 35.1 Å². The normalized spacial score (nSPS) is 24.7. The van der Waals surface area contributed by atoms with Crippen LogP contribution in [0.4, 0.5) is 0 Å². The minimum absolute atomic E-state index is 0.157. The van der Waals surface area contributed by atoms with Gasteiger partial charge in [0.25, 0.3) is 11.8 Å². The highest BCUT2D eigenvalue weighted by Crippen LogP contribution is 2.40. The van der Waals surface area contributed by atoms with E-state index in [2.05, 4.69) is 10.6 Å². The van der Waals surface area contributed by atoms with Crippen molar-refractivity contribution >= 4 is 35.5 Å². The second kappa shape index (κ2) is 8.19. The fraction of sp³-hybridized carbons (Fsp3) is 0.444. The van der Waals surface area contributed by atoms with Crippen molar-refractivity contribution in [2.24, 2.45) is 5.73 Å². The highest BCUT2D eigenvalue weighted by atomic mass is 32.2. The lowest BCUT2D eigenvalue weighted by Gasteiger charge is -2.50. The molecule has 5 N–H and O–H groups in total. The number of amides is 3. The summed E-state index contributed by atoms with van der Waals surface area (Å²) in [7, 11) is 0. The van der Waals surface area contributed by atoms with Gasteiger partial charge in [-0.05, 0) is 30.9 Å². The van der Waals surface area contributed by atoms with Crippen molar-refractivity contribution in [1.29, 1.82) is 0 Å². The summed E-state index contributed by atoms with van der Waals surface area (Å²) in [6.07, 6.45) is 7.18. The molecule has 0 aromatic carbocycles. The number of thioether (sulfide) groups is 1. The maximum absolute atomic E-state index is 12.6. The lowest BCUT2D eigenvalue weighted by atomic mass is 9.97. The predicted octanol–water partition coefficient (Wildman–Crippen LogP) is -0.535. The topological polar surface area (TPSA) is 142 Å². The summed E-state index contributed by atoms with van der Waals surface area (Å²) in [4.78, 5) is 49.4. The maximum atomic E-state index is 12.6. The number of nitrogens with zero attached hydrogens (tertiary/aromatic N) is 1. The van der Waals surface area contributed by atoms with E-state index in [9.17, 15) is 19.2 Å². The molecule has 9 nitrogen and oxygen atoms in total. The van der Waals surface area contributed by atoms with Crippen molar-refractivity contribution in [3.05, 3.63) is 35.1 Å². The van der Waals surface area contributed by atoms with E-state index in [1.54, 1.807) is 6.92 Å². The molecule has 1 fully saturated rings. The van der Waals surface area contributed by atoms with Crippen LogP contribution in [0.5, 0.6) is 0 Å². The Balaban J connectivity index is 1.66. The molecular weight excluding hydrogens is 384 g/mol. The summed E-state index contributed by atoms with van der Waals surface area (Å²) in [6, 6.07) is -1.59. The molecule has 3 aliphatic rings. The van der Waals surface area contributed by atoms with Gasteiger partial charge in [-0.25, -0.2) is 0 Å². The largest absolute Gasteiger partial charge is 0.480 e. The van der Waals surface area contributed by atoms with Crippen molar-refractivity contribution in [1.82, 2.24) is 15.5 Å². The van der Waals surface area contributed by atoms with E-state index in [0.717, 1.165) is 12.0 Å². The number of hydrogen-bond donors (Lipinski definition) is 4. The van der Waals surface area contributed by atoms with E-state index in [1.165, 1.54) is 16.7 Å². The minimum Gasteiger partial charge on any atom is -0.480 e. The Morgan fingerprint density at radius 1 is 1.39 bits per heavy atom. The molecule has 150 valence electrons. The summed E-state index contributed by atoms with van der Waals surface area (Å²) in [6.45, 7) is 1.19. The first-order valence-corrected chi connectivity index (χ1v) is 9.90. The van der Waals surface area contributed by atoms with Gasteiger partial charge in [-0.2, -0.15) is 0 Å². The van der Waals surface area contributed by atoms with Crippen LogP contribution in [-0.2, 0) is 19.2 Å². The zero-order valence-corrected chi connectivity index (χ0v) is 16.1. The van der Waals surface area contributed by atoms with E-state index >= 15 is 0 Å². The second-order valence-corrected chi connectivity index (χ2v) is 7.87. The number of carboxylic acids is 1. The molecule has 1 saturated heterocycles. The molecule has 0 aromatic rings. The molecule has 10 heteroatoms. The van der Waals surface area contributed by atoms with Crippen molar-refractivity contribution in [3.63, 3.8) is 0 Å². The monoisotopic (exact) mass is 406 g/mol. The van der Waals surface area contributed by atoms with E-state index in [1.807, 2.05) is 18.2 Å². The number of β-lactam (4-membered cyclic amide) rings is 1. The number of hydrogen-bond acceptors (Lipinski definition) is 6. The number of rotatable bonds is 6. The molecule has 0 unspecified atom stereocenters. The Morgan fingerprint density at radius 3 is 2.79 bits per heavy atom. The van der Waals surface area contributed by atoms with Gasteiger partial charge in [0.1, 0.15) is 29.7 Å². The van der Waals surface area contributed by atoms with Crippen LogP contribution < -0.4 is 16.4 Å². The van der Waals surface area contributed by atoms with Gasteiger partial charge in [0.2, 0.25) is 5.91 Å². The summed E-state index contributed by atoms with van der Waals surface area (Å²) < 4.78 is 0. The average Bonchev–Trinajstić information content (AvgIpc) is 2.69. The van der Waals surface area contributed by atoms with E-state index < -0.39 is 47.7 Å². The van der Waals surface area contributed by atoms with Gasteiger partial charge in [0.15, 0.2) is 0 Å². The zero-order valence-electron chi connectivity index (χ0n) is 15.3. The molecule has 0 bridgehead atoms. The van der Waals surface area contributed by atoms with Gasteiger partial charge in [0.05, 0.1) is 0 Å². The number of nitrogens with two attached hydrogens (primary N) is 1. The summed E-state index contributed by atoms with van der Waals surface area (Å²) in [5.74, 6) is -2.12. The molecule has 0 aromatic heterocycles. The van der Waals surface area contributed by atoms with E-state index in [4.69, 9.17) is 10.8 Å². The maximum Gasteiger partial charge on any atom is 0.322 e. The van der Waals surface area contributed by atoms with E-state index in [0.29, 0.717) is 17.7 Å². The predicted molar refractivity (Wildman–Crippen MR) is 103 cm³/mol. The molecule has 2 heterocycles. The molecule has 1 aliphatic carbocycles. The van der Waals surface area contributed by atoms with Crippen LogP contribution >= 0.6 is 11.8 Å². The first-order valence-electron chi connectivity index (χ1n) is 8.85.